The SMILES string of the molecule is Cc1cc2c(c(C)c1N)OCCN2Cc1ccc(F)cc1. The fourth-order valence-electron chi connectivity index (χ4n) is 2.73. The van der Waals surface area contributed by atoms with Crippen LogP contribution in [0, 0.1) is 19.7 Å². The van der Waals surface area contributed by atoms with Gasteiger partial charge in [-0.15, -0.1) is 0 Å². The third kappa shape index (κ3) is 2.53. The van der Waals surface area contributed by atoms with Crippen molar-refractivity contribution in [2.24, 2.45) is 0 Å². The summed E-state index contributed by atoms with van der Waals surface area (Å²) in [5.41, 5.74) is 11.1. The molecule has 1 aliphatic heterocycles. The van der Waals surface area contributed by atoms with Crippen LogP contribution >= 0.6 is 0 Å². The van der Waals surface area contributed by atoms with Crippen molar-refractivity contribution < 1.29 is 9.13 Å². The zero-order chi connectivity index (χ0) is 15.0. The molecule has 0 atom stereocenters. The van der Waals surface area contributed by atoms with Crippen LogP contribution in [0.25, 0.3) is 0 Å². The van der Waals surface area contributed by atoms with Crippen molar-refractivity contribution in [1.29, 1.82) is 0 Å². The second-order valence-corrected chi connectivity index (χ2v) is 5.48. The van der Waals surface area contributed by atoms with Crippen LogP contribution in [-0.4, -0.2) is 13.2 Å². The lowest BCUT2D eigenvalue weighted by Crippen LogP contribution is -2.32. The maximum Gasteiger partial charge on any atom is 0.147 e. The first-order chi connectivity index (χ1) is 10.1. The molecule has 0 radical (unpaired) electrons. The maximum atomic E-state index is 13.0. The van der Waals surface area contributed by atoms with E-state index in [1.54, 1.807) is 0 Å². The smallest absolute Gasteiger partial charge is 0.147 e. The Bertz CT molecular complexity index is 667. The van der Waals surface area contributed by atoms with Gasteiger partial charge in [0.1, 0.15) is 18.2 Å². The Balaban J connectivity index is 1.95. The maximum absolute atomic E-state index is 13.0. The number of halogens is 1. The summed E-state index contributed by atoms with van der Waals surface area (Å²) in [5, 5.41) is 0. The fraction of sp³-hybridized carbons (Fsp3) is 0.294. The zero-order valence-electron chi connectivity index (χ0n) is 12.3. The molecule has 1 aliphatic rings. The van der Waals surface area contributed by atoms with Gasteiger partial charge in [-0.3, -0.25) is 0 Å². The van der Waals surface area contributed by atoms with E-state index in [0.717, 1.165) is 46.9 Å². The van der Waals surface area contributed by atoms with Crippen molar-refractivity contribution >= 4 is 11.4 Å². The van der Waals surface area contributed by atoms with E-state index in [4.69, 9.17) is 10.5 Å². The standard InChI is InChI=1S/C17H19FN2O/c1-11-9-15-17(12(2)16(11)19)21-8-7-20(15)10-13-3-5-14(18)6-4-13/h3-6,9H,7-8,10,19H2,1-2H3. The minimum Gasteiger partial charge on any atom is -0.489 e. The highest BCUT2D eigenvalue weighted by Gasteiger charge is 2.22. The number of hydrogen-bond acceptors (Lipinski definition) is 3. The molecule has 110 valence electrons. The third-order valence-corrected chi connectivity index (χ3v) is 3.99. The van der Waals surface area contributed by atoms with E-state index in [2.05, 4.69) is 11.0 Å². The molecule has 2 aromatic carbocycles. The monoisotopic (exact) mass is 286 g/mol. The molecular weight excluding hydrogens is 267 g/mol. The number of nitrogens with two attached hydrogens (primary N) is 1. The van der Waals surface area contributed by atoms with E-state index in [-0.39, 0.29) is 5.82 Å². The van der Waals surface area contributed by atoms with E-state index in [0.29, 0.717) is 6.61 Å². The number of rotatable bonds is 2. The molecule has 1 heterocycles. The first-order valence-corrected chi connectivity index (χ1v) is 7.08. The first kappa shape index (κ1) is 13.7. The Labute approximate surface area is 124 Å². The van der Waals surface area contributed by atoms with Crippen LogP contribution in [0.2, 0.25) is 0 Å². The summed E-state index contributed by atoms with van der Waals surface area (Å²) in [6, 6.07) is 8.70. The highest BCUT2D eigenvalue weighted by atomic mass is 19.1. The van der Waals surface area contributed by atoms with Crippen molar-refractivity contribution in [2.45, 2.75) is 20.4 Å². The van der Waals surface area contributed by atoms with Gasteiger partial charge in [0, 0.05) is 17.8 Å². The normalized spacial score (nSPS) is 13.8. The largest absolute Gasteiger partial charge is 0.489 e. The Kier molecular flexibility index (Phi) is 3.45. The molecule has 0 aromatic heterocycles. The third-order valence-electron chi connectivity index (χ3n) is 3.99. The molecule has 0 saturated carbocycles. The average molecular weight is 286 g/mol. The summed E-state index contributed by atoms with van der Waals surface area (Å²) in [7, 11) is 0. The van der Waals surface area contributed by atoms with Gasteiger partial charge in [-0.05, 0) is 43.2 Å². The number of hydrogen-bond donors (Lipinski definition) is 1. The Morgan fingerprint density at radius 2 is 1.95 bits per heavy atom. The molecule has 0 spiro atoms. The molecule has 2 N–H and O–H groups in total. The van der Waals surface area contributed by atoms with Crippen molar-refractivity contribution in [3.63, 3.8) is 0 Å². The summed E-state index contributed by atoms with van der Waals surface area (Å²) in [6.07, 6.45) is 0. The summed E-state index contributed by atoms with van der Waals surface area (Å²) in [4.78, 5) is 2.26. The molecule has 0 aliphatic carbocycles. The molecule has 0 saturated heterocycles. The van der Waals surface area contributed by atoms with Crippen LogP contribution in [0.4, 0.5) is 15.8 Å². The number of anilines is 2. The Morgan fingerprint density at radius 1 is 1.24 bits per heavy atom. The van der Waals surface area contributed by atoms with E-state index in [9.17, 15) is 4.39 Å². The second kappa shape index (κ2) is 5.28. The lowest BCUT2D eigenvalue weighted by atomic mass is 10.0. The summed E-state index contributed by atoms with van der Waals surface area (Å²) in [6.45, 7) is 6.18. The predicted octanol–water partition coefficient (Wildman–Crippen LogP) is 3.42. The van der Waals surface area contributed by atoms with Crippen LogP contribution in [0.15, 0.2) is 30.3 Å². The second-order valence-electron chi connectivity index (χ2n) is 5.48. The quantitative estimate of drug-likeness (QED) is 0.860. The Morgan fingerprint density at radius 3 is 2.67 bits per heavy atom. The lowest BCUT2D eigenvalue weighted by Gasteiger charge is -2.33. The minimum atomic E-state index is -0.208. The first-order valence-electron chi connectivity index (χ1n) is 7.08. The lowest BCUT2D eigenvalue weighted by molar-refractivity contribution is 0.305. The van der Waals surface area contributed by atoms with Crippen LogP contribution in [-0.2, 0) is 6.54 Å². The molecule has 21 heavy (non-hydrogen) atoms. The van der Waals surface area contributed by atoms with Gasteiger partial charge < -0.3 is 15.4 Å². The van der Waals surface area contributed by atoms with Crippen LogP contribution in [0.5, 0.6) is 5.75 Å². The Hall–Kier alpha value is -2.23. The van der Waals surface area contributed by atoms with Gasteiger partial charge in [-0.25, -0.2) is 4.39 Å². The van der Waals surface area contributed by atoms with Crippen LogP contribution < -0.4 is 15.4 Å². The molecule has 4 heteroatoms. The summed E-state index contributed by atoms with van der Waals surface area (Å²) >= 11 is 0. The van der Waals surface area contributed by atoms with Crippen molar-refractivity contribution in [3.8, 4) is 5.75 Å². The van der Waals surface area contributed by atoms with Crippen molar-refractivity contribution in [3.05, 3.63) is 52.8 Å². The van der Waals surface area contributed by atoms with E-state index < -0.39 is 0 Å². The van der Waals surface area contributed by atoms with E-state index >= 15 is 0 Å². The van der Waals surface area contributed by atoms with E-state index in [1.807, 2.05) is 26.0 Å². The van der Waals surface area contributed by atoms with Gasteiger partial charge in [0.25, 0.3) is 0 Å². The van der Waals surface area contributed by atoms with Gasteiger partial charge in [-0.1, -0.05) is 12.1 Å². The molecule has 0 amide bonds. The highest BCUT2D eigenvalue weighted by molar-refractivity contribution is 5.73. The zero-order valence-corrected chi connectivity index (χ0v) is 12.3. The molecule has 2 aromatic rings. The van der Waals surface area contributed by atoms with Crippen molar-refractivity contribution in [2.75, 3.05) is 23.8 Å². The summed E-state index contributed by atoms with van der Waals surface area (Å²) < 4.78 is 18.8. The molecule has 0 bridgehead atoms. The van der Waals surface area contributed by atoms with Gasteiger partial charge >= 0.3 is 0 Å². The van der Waals surface area contributed by atoms with Crippen LogP contribution in [0.1, 0.15) is 16.7 Å². The highest BCUT2D eigenvalue weighted by Crippen LogP contribution is 2.40. The number of nitrogens with zero attached hydrogens (tertiary/aromatic N) is 1. The van der Waals surface area contributed by atoms with Gasteiger partial charge in [0.15, 0.2) is 0 Å². The van der Waals surface area contributed by atoms with Gasteiger partial charge in [0.2, 0.25) is 0 Å². The van der Waals surface area contributed by atoms with Crippen molar-refractivity contribution in [1.82, 2.24) is 0 Å². The predicted molar refractivity (Wildman–Crippen MR) is 83.3 cm³/mol. The topological polar surface area (TPSA) is 38.5 Å². The molecule has 3 rings (SSSR count). The van der Waals surface area contributed by atoms with Crippen LogP contribution in [0.3, 0.4) is 0 Å². The number of aryl methyl sites for hydroxylation is 1. The number of nitrogen functional groups attached to an aromatic ring is 1. The fourth-order valence-corrected chi connectivity index (χ4v) is 2.73. The summed E-state index contributed by atoms with van der Waals surface area (Å²) in [5.74, 6) is 0.659. The van der Waals surface area contributed by atoms with Gasteiger partial charge in [-0.2, -0.15) is 0 Å². The average Bonchev–Trinajstić information content (AvgIpc) is 2.48. The molecular formula is C17H19FN2O. The number of fused-ring (bicyclic) bond motifs is 1. The van der Waals surface area contributed by atoms with Gasteiger partial charge in [0.05, 0.1) is 12.2 Å². The number of benzene rings is 2. The number of ether oxygens (including phenoxy) is 1. The minimum absolute atomic E-state index is 0.208. The molecule has 0 fully saturated rings. The van der Waals surface area contributed by atoms with E-state index in [1.165, 1.54) is 12.1 Å². The molecule has 3 nitrogen and oxygen atoms in total. The molecule has 0 unspecified atom stereocenters.